The maximum Gasteiger partial charge on any atom is 0.436 e. The third-order valence-electron chi connectivity index (χ3n) is 3.89. The SMILES string of the molecule is CCOC(=O)c1c(NC(=O)Cn2nc(C(F)(F)F)c(Cl)c2C)sc(C(C)=O)c1C. The number of alkyl halides is 3. The number of nitrogens with zero attached hydrogens (tertiary/aromatic N) is 2. The van der Waals surface area contributed by atoms with Crippen molar-refractivity contribution >= 4 is 45.6 Å². The number of esters is 1. The van der Waals surface area contributed by atoms with Gasteiger partial charge in [-0.25, -0.2) is 4.79 Å². The van der Waals surface area contributed by atoms with Gasteiger partial charge in [-0.05, 0) is 33.3 Å². The molecule has 158 valence electrons. The Hall–Kier alpha value is -2.40. The summed E-state index contributed by atoms with van der Waals surface area (Å²) in [5.74, 6) is -1.77. The average Bonchev–Trinajstić information content (AvgIpc) is 3.06. The minimum absolute atomic E-state index is 0.0293. The molecule has 0 bridgehead atoms. The molecular weight excluding hydrogens is 435 g/mol. The molecule has 2 aromatic heterocycles. The molecule has 0 aliphatic heterocycles. The first kappa shape index (κ1) is 22.9. The van der Waals surface area contributed by atoms with Crippen LogP contribution in [0.15, 0.2) is 0 Å². The Morgan fingerprint density at radius 1 is 1.28 bits per heavy atom. The third-order valence-corrected chi connectivity index (χ3v) is 5.65. The molecule has 2 aromatic rings. The first-order chi connectivity index (χ1) is 13.4. The number of hydrogen-bond donors (Lipinski definition) is 1. The molecule has 0 fully saturated rings. The number of ether oxygens (including phenoxy) is 1. The van der Waals surface area contributed by atoms with E-state index >= 15 is 0 Å². The molecule has 1 N–H and O–H groups in total. The number of hydrogen-bond acceptors (Lipinski definition) is 6. The molecular formula is C17H17ClF3N3O4S. The van der Waals surface area contributed by atoms with Crippen LogP contribution in [0.25, 0.3) is 0 Å². The summed E-state index contributed by atoms with van der Waals surface area (Å²) in [7, 11) is 0. The van der Waals surface area contributed by atoms with Crippen molar-refractivity contribution in [1.29, 1.82) is 0 Å². The van der Waals surface area contributed by atoms with Crippen molar-refractivity contribution in [1.82, 2.24) is 9.78 Å². The van der Waals surface area contributed by atoms with Crippen LogP contribution in [-0.4, -0.2) is 34.0 Å². The highest BCUT2D eigenvalue weighted by Gasteiger charge is 2.38. The quantitative estimate of drug-likeness (QED) is 0.523. The van der Waals surface area contributed by atoms with E-state index in [9.17, 15) is 27.6 Å². The van der Waals surface area contributed by atoms with Crippen LogP contribution in [0.3, 0.4) is 0 Å². The molecule has 0 aliphatic rings. The number of amides is 1. The summed E-state index contributed by atoms with van der Waals surface area (Å²) >= 11 is 6.56. The van der Waals surface area contributed by atoms with Crippen molar-refractivity contribution in [2.45, 2.75) is 40.4 Å². The minimum Gasteiger partial charge on any atom is -0.462 e. The van der Waals surface area contributed by atoms with Crippen molar-refractivity contribution < 1.29 is 32.3 Å². The number of ketones is 1. The summed E-state index contributed by atoms with van der Waals surface area (Å²) in [5.41, 5.74) is -0.940. The van der Waals surface area contributed by atoms with E-state index in [-0.39, 0.29) is 33.5 Å². The second-order valence-electron chi connectivity index (χ2n) is 5.99. The zero-order valence-corrected chi connectivity index (χ0v) is 17.4. The lowest BCUT2D eigenvalue weighted by atomic mass is 10.1. The minimum atomic E-state index is -4.76. The van der Waals surface area contributed by atoms with Gasteiger partial charge < -0.3 is 10.1 Å². The summed E-state index contributed by atoms with van der Waals surface area (Å²) < 4.78 is 44.5. The smallest absolute Gasteiger partial charge is 0.436 e. The van der Waals surface area contributed by atoms with Gasteiger partial charge in [-0.2, -0.15) is 18.3 Å². The van der Waals surface area contributed by atoms with Crippen molar-refractivity contribution in [3.05, 3.63) is 32.4 Å². The molecule has 0 atom stereocenters. The van der Waals surface area contributed by atoms with E-state index in [1.807, 2.05) is 0 Å². The zero-order chi connectivity index (χ0) is 22.1. The fraction of sp³-hybridized carbons (Fsp3) is 0.412. The Labute approximate surface area is 172 Å². The molecule has 0 aliphatic carbocycles. The van der Waals surface area contributed by atoms with E-state index in [4.69, 9.17) is 16.3 Å². The molecule has 0 radical (unpaired) electrons. The number of Topliss-reactive ketones (excluding diaryl/α,β-unsaturated/α-hetero) is 1. The van der Waals surface area contributed by atoms with Crippen LogP contribution in [0, 0.1) is 13.8 Å². The van der Waals surface area contributed by atoms with Crippen LogP contribution >= 0.6 is 22.9 Å². The molecule has 0 aromatic carbocycles. The fourth-order valence-electron chi connectivity index (χ4n) is 2.55. The topological polar surface area (TPSA) is 90.3 Å². The van der Waals surface area contributed by atoms with Crippen molar-refractivity contribution in [3.8, 4) is 0 Å². The maximum atomic E-state index is 12.9. The number of halogens is 4. The summed E-state index contributed by atoms with van der Waals surface area (Å²) in [6.45, 7) is 5.27. The van der Waals surface area contributed by atoms with E-state index in [1.165, 1.54) is 13.8 Å². The van der Waals surface area contributed by atoms with E-state index in [0.717, 1.165) is 16.0 Å². The molecule has 7 nitrogen and oxygen atoms in total. The number of carbonyl (C=O) groups is 3. The van der Waals surface area contributed by atoms with Crippen LogP contribution < -0.4 is 5.32 Å². The van der Waals surface area contributed by atoms with E-state index in [1.54, 1.807) is 13.8 Å². The molecule has 0 saturated heterocycles. The Morgan fingerprint density at radius 2 is 1.90 bits per heavy atom. The number of aromatic nitrogens is 2. The lowest BCUT2D eigenvalue weighted by Gasteiger charge is -2.08. The molecule has 29 heavy (non-hydrogen) atoms. The Morgan fingerprint density at radius 3 is 2.38 bits per heavy atom. The van der Waals surface area contributed by atoms with Gasteiger partial charge in [0.25, 0.3) is 0 Å². The van der Waals surface area contributed by atoms with Crippen LogP contribution in [0.5, 0.6) is 0 Å². The van der Waals surface area contributed by atoms with E-state index in [0.29, 0.717) is 5.56 Å². The Balaban J connectivity index is 2.33. The second-order valence-corrected chi connectivity index (χ2v) is 7.39. The highest BCUT2D eigenvalue weighted by atomic mass is 35.5. The number of rotatable bonds is 6. The van der Waals surface area contributed by atoms with E-state index in [2.05, 4.69) is 10.4 Å². The molecule has 2 heterocycles. The molecule has 0 spiro atoms. The first-order valence-electron chi connectivity index (χ1n) is 8.29. The van der Waals surface area contributed by atoms with Gasteiger partial charge in [-0.1, -0.05) is 11.6 Å². The average molecular weight is 452 g/mol. The predicted molar refractivity (Wildman–Crippen MR) is 101 cm³/mol. The molecule has 1 amide bonds. The second kappa shape index (κ2) is 8.54. The maximum absolute atomic E-state index is 12.9. The largest absolute Gasteiger partial charge is 0.462 e. The third kappa shape index (κ3) is 4.78. The normalized spacial score (nSPS) is 11.4. The Bertz CT molecular complexity index is 982. The van der Waals surface area contributed by atoms with Gasteiger partial charge in [-0.15, -0.1) is 11.3 Å². The number of thiophene rings is 1. The number of nitrogens with one attached hydrogen (secondary N) is 1. The Kier molecular flexibility index (Phi) is 6.74. The summed E-state index contributed by atoms with van der Waals surface area (Å²) in [5, 5.41) is 5.29. The van der Waals surface area contributed by atoms with E-state index < -0.39 is 35.3 Å². The van der Waals surface area contributed by atoms with Gasteiger partial charge in [0, 0.05) is 0 Å². The zero-order valence-electron chi connectivity index (χ0n) is 15.9. The van der Waals surface area contributed by atoms with Crippen LogP contribution in [-0.2, 0) is 22.3 Å². The molecule has 0 unspecified atom stereocenters. The van der Waals surface area contributed by atoms with Gasteiger partial charge in [0.2, 0.25) is 5.91 Å². The lowest BCUT2D eigenvalue weighted by molar-refractivity contribution is -0.141. The van der Waals surface area contributed by atoms with Crippen molar-refractivity contribution in [3.63, 3.8) is 0 Å². The molecule has 2 rings (SSSR count). The lowest BCUT2D eigenvalue weighted by Crippen LogP contribution is -2.21. The fourth-order valence-corrected chi connectivity index (χ4v) is 3.90. The van der Waals surface area contributed by atoms with Crippen molar-refractivity contribution in [2.75, 3.05) is 11.9 Å². The summed E-state index contributed by atoms with van der Waals surface area (Å²) in [6, 6.07) is 0. The highest BCUT2D eigenvalue weighted by molar-refractivity contribution is 7.18. The molecule has 0 saturated carbocycles. The monoisotopic (exact) mass is 451 g/mol. The highest BCUT2D eigenvalue weighted by Crippen LogP contribution is 2.36. The first-order valence-corrected chi connectivity index (χ1v) is 9.49. The van der Waals surface area contributed by atoms with Gasteiger partial charge in [0.1, 0.15) is 11.5 Å². The van der Waals surface area contributed by atoms with Crippen LogP contribution in [0.2, 0.25) is 5.02 Å². The summed E-state index contributed by atoms with van der Waals surface area (Å²) in [4.78, 5) is 36.7. The number of anilines is 1. The van der Waals surface area contributed by atoms with Crippen LogP contribution in [0.4, 0.5) is 18.2 Å². The molecule has 12 heteroatoms. The van der Waals surface area contributed by atoms with Gasteiger partial charge in [-0.3, -0.25) is 14.3 Å². The number of carbonyl (C=O) groups excluding carboxylic acids is 3. The standard InChI is InChI=1S/C17H17ClF3N3O4S/c1-5-28-16(27)11-7(2)13(9(4)25)29-15(11)22-10(26)6-24-8(3)12(18)14(23-24)17(19,20)21/h5-6H2,1-4H3,(H,22,26). The van der Waals surface area contributed by atoms with Crippen LogP contribution in [0.1, 0.15) is 50.8 Å². The van der Waals surface area contributed by atoms with Gasteiger partial charge in [0.15, 0.2) is 11.5 Å². The van der Waals surface area contributed by atoms with Crippen molar-refractivity contribution in [2.24, 2.45) is 0 Å². The van der Waals surface area contributed by atoms with Gasteiger partial charge in [0.05, 0.1) is 27.8 Å². The summed E-state index contributed by atoms with van der Waals surface area (Å²) in [6.07, 6.45) is -4.76. The predicted octanol–water partition coefficient (Wildman–Crippen LogP) is 4.25. The van der Waals surface area contributed by atoms with Gasteiger partial charge >= 0.3 is 12.1 Å².